The molecule has 0 saturated carbocycles. The van der Waals surface area contributed by atoms with Crippen molar-refractivity contribution in [1.82, 2.24) is 4.72 Å². The molecule has 0 fully saturated rings. The van der Waals surface area contributed by atoms with E-state index in [4.69, 9.17) is 0 Å². The van der Waals surface area contributed by atoms with Crippen LogP contribution in [-0.4, -0.2) is 32.0 Å². The molecule has 0 aliphatic heterocycles. The molecular weight excluding hydrogens is 437 g/mol. The number of methoxy groups -OCH3 is 1. The van der Waals surface area contributed by atoms with Crippen LogP contribution in [0.1, 0.15) is 0 Å². The molecule has 1 unspecified atom stereocenters. The molecule has 1 atom stereocenters. The molecule has 0 bridgehead atoms. The van der Waals surface area contributed by atoms with E-state index in [-0.39, 0.29) is 11.4 Å². The van der Waals surface area contributed by atoms with Crippen LogP contribution < -0.4 is 4.72 Å². The number of carbonyl (C=O) groups excluding carboxylic acids is 1. The summed E-state index contributed by atoms with van der Waals surface area (Å²) in [6, 6.07) is 6.32. The molecule has 1 rings (SSSR count). The highest BCUT2D eigenvalue weighted by atomic mass is 127. The van der Waals surface area contributed by atoms with E-state index < -0.39 is 19.9 Å². The van der Waals surface area contributed by atoms with Crippen LogP contribution in [0.3, 0.4) is 0 Å². The van der Waals surface area contributed by atoms with Gasteiger partial charge in [-0.15, -0.1) is 0 Å². The number of hydrogen-bond acceptors (Lipinski definition) is 4. The Labute approximate surface area is 128 Å². The van der Waals surface area contributed by atoms with E-state index in [2.05, 4.69) is 25.4 Å². The number of halogens is 2. The van der Waals surface area contributed by atoms with Gasteiger partial charge in [0.25, 0.3) is 0 Å². The van der Waals surface area contributed by atoms with Gasteiger partial charge in [-0.05, 0) is 18.2 Å². The number of ether oxygens (including phenoxy) is 1. The number of esters is 1. The lowest BCUT2D eigenvalue weighted by atomic mass is 10.4. The van der Waals surface area contributed by atoms with Gasteiger partial charge >= 0.3 is 5.97 Å². The molecule has 0 aliphatic rings. The zero-order valence-electron chi connectivity index (χ0n) is 9.39. The quantitative estimate of drug-likeness (QED) is 0.423. The van der Waals surface area contributed by atoms with Crippen LogP contribution in [0.2, 0.25) is 0 Å². The van der Waals surface area contributed by atoms with Gasteiger partial charge in [-0.3, -0.25) is 4.79 Å². The Hall–Kier alpha value is -0.190. The summed E-state index contributed by atoms with van der Waals surface area (Å²) >= 11 is 5.02. The largest absolute Gasteiger partial charge is 0.468 e. The first-order valence-corrected chi connectivity index (χ1v) is 8.36. The normalized spacial score (nSPS) is 13.1. The summed E-state index contributed by atoms with van der Waals surface area (Å²) in [5.41, 5.74) is 0. The Kier molecular flexibility index (Phi) is 6.02. The zero-order valence-corrected chi connectivity index (χ0v) is 14.0. The second kappa shape index (κ2) is 6.83. The van der Waals surface area contributed by atoms with E-state index >= 15 is 0 Å². The summed E-state index contributed by atoms with van der Waals surface area (Å²) in [4.78, 5) is 11.3. The van der Waals surface area contributed by atoms with Crippen LogP contribution in [-0.2, 0) is 19.6 Å². The van der Waals surface area contributed by atoms with Crippen molar-refractivity contribution >= 4 is 54.5 Å². The van der Waals surface area contributed by atoms with Crippen molar-refractivity contribution in [3.63, 3.8) is 0 Å². The first-order valence-electron chi connectivity index (χ1n) is 4.84. The van der Waals surface area contributed by atoms with Gasteiger partial charge < -0.3 is 4.74 Å². The van der Waals surface area contributed by atoms with Crippen LogP contribution in [0, 0.1) is 0 Å². The smallest absolute Gasteiger partial charge is 0.319 e. The first-order chi connectivity index (χ1) is 8.36. The maximum Gasteiger partial charge on any atom is 0.319 e. The summed E-state index contributed by atoms with van der Waals surface area (Å²) < 4.78 is 30.8. The van der Waals surface area contributed by atoms with Crippen molar-refractivity contribution in [1.29, 1.82) is 0 Å². The molecule has 0 radical (unpaired) electrons. The van der Waals surface area contributed by atoms with Crippen molar-refractivity contribution in [2.24, 2.45) is 0 Å². The van der Waals surface area contributed by atoms with Crippen molar-refractivity contribution in [3.05, 3.63) is 28.7 Å². The van der Waals surface area contributed by atoms with Crippen LogP contribution >= 0.6 is 38.5 Å². The highest BCUT2D eigenvalue weighted by molar-refractivity contribution is 14.1. The minimum Gasteiger partial charge on any atom is -0.468 e. The highest BCUT2D eigenvalue weighted by Crippen LogP contribution is 2.16. The summed E-state index contributed by atoms with van der Waals surface area (Å²) in [7, 11) is -2.35. The van der Waals surface area contributed by atoms with Gasteiger partial charge in [0, 0.05) is 11.0 Å². The molecule has 1 aromatic rings. The Morgan fingerprint density at radius 1 is 1.56 bits per heavy atom. The van der Waals surface area contributed by atoms with E-state index in [9.17, 15) is 13.2 Å². The van der Waals surface area contributed by atoms with Crippen LogP contribution in [0.5, 0.6) is 0 Å². The van der Waals surface area contributed by atoms with Gasteiger partial charge in [-0.2, -0.15) is 0 Å². The van der Waals surface area contributed by atoms with E-state index in [1.54, 1.807) is 12.1 Å². The average Bonchev–Trinajstić information content (AvgIpc) is 2.35. The first kappa shape index (κ1) is 15.9. The van der Waals surface area contributed by atoms with Gasteiger partial charge in [0.05, 0.1) is 12.0 Å². The number of hydrogen-bond donors (Lipinski definition) is 1. The lowest BCUT2D eigenvalue weighted by Gasteiger charge is -2.10. The molecule has 18 heavy (non-hydrogen) atoms. The maximum absolute atomic E-state index is 11.9. The van der Waals surface area contributed by atoms with Crippen molar-refractivity contribution in [3.8, 4) is 0 Å². The monoisotopic (exact) mass is 447 g/mol. The molecule has 0 spiro atoms. The van der Waals surface area contributed by atoms with Gasteiger partial charge in [0.2, 0.25) is 10.0 Å². The number of alkyl halides is 1. The highest BCUT2D eigenvalue weighted by Gasteiger charge is 2.20. The Bertz CT molecular complexity index is 534. The molecule has 100 valence electrons. The molecule has 1 aromatic carbocycles. The second-order valence-electron chi connectivity index (χ2n) is 3.30. The average molecular weight is 448 g/mol. The minimum absolute atomic E-state index is 0.0118. The number of nitrogens with one attached hydrogen (secondary N) is 1. The summed E-state index contributed by atoms with van der Waals surface area (Å²) in [6.45, 7) is -0.0118. The fourth-order valence-electron chi connectivity index (χ4n) is 1.11. The Balaban J connectivity index is 2.75. The molecule has 0 aliphatic carbocycles. The summed E-state index contributed by atoms with van der Waals surface area (Å²) in [6.07, 6.45) is 0. The number of sulfonamides is 1. The lowest BCUT2D eigenvalue weighted by Crippen LogP contribution is -2.33. The molecule has 0 aromatic heterocycles. The third-order valence-corrected chi connectivity index (χ3v) is 4.88. The Morgan fingerprint density at radius 2 is 2.22 bits per heavy atom. The van der Waals surface area contributed by atoms with Gasteiger partial charge in [-0.25, -0.2) is 13.1 Å². The number of rotatable bonds is 5. The topological polar surface area (TPSA) is 72.5 Å². The summed E-state index contributed by atoms with van der Waals surface area (Å²) in [5, 5.41) is 0. The van der Waals surface area contributed by atoms with E-state index in [1.807, 2.05) is 22.6 Å². The fraction of sp³-hybridized carbons (Fsp3) is 0.300. The third-order valence-electron chi connectivity index (χ3n) is 2.02. The van der Waals surface area contributed by atoms with Crippen LogP contribution in [0.15, 0.2) is 33.6 Å². The molecular formula is C10H11BrINO4S. The van der Waals surface area contributed by atoms with E-state index in [0.717, 1.165) is 0 Å². The van der Waals surface area contributed by atoms with Crippen molar-refractivity contribution < 1.29 is 17.9 Å². The number of carbonyl (C=O) groups is 1. The Morgan fingerprint density at radius 3 is 2.78 bits per heavy atom. The van der Waals surface area contributed by atoms with Gasteiger partial charge in [-0.1, -0.05) is 44.6 Å². The predicted molar refractivity (Wildman–Crippen MR) is 79.2 cm³/mol. The van der Waals surface area contributed by atoms with E-state index in [0.29, 0.717) is 4.47 Å². The van der Waals surface area contributed by atoms with E-state index in [1.165, 1.54) is 19.2 Å². The second-order valence-corrected chi connectivity index (χ2v) is 7.49. The molecule has 0 saturated heterocycles. The van der Waals surface area contributed by atoms with Crippen molar-refractivity contribution in [2.45, 2.75) is 8.82 Å². The zero-order chi connectivity index (χ0) is 13.8. The third kappa shape index (κ3) is 4.48. The fourth-order valence-corrected chi connectivity index (χ4v) is 3.53. The SMILES string of the molecule is COC(=O)C(I)CNS(=O)(=O)c1cccc(Br)c1. The van der Waals surface area contributed by atoms with Crippen molar-refractivity contribution in [2.75, 3.05) is 13.7 Å². The standard InChI is InChI=1S/C10H11BrINO4S/c1-17-10(14)9(12)6-13-18(15,16)8-4-2-3-7(11)5-8/h2-5,9,13H,6H2,1H3. The van der Waals surface area contributed by atoms with Crippen LogP contribution in [0.4, 0.5) is 0 Å². The molecule has 8 heteroatoms. The molecule has 5 nitrogen and oxygen atoms in total. The minimum atomic E-state index is -3.61. The van der Waals surface area contributed by atoms with Crippen LogP contribution in [0.25, 0.3) is 0 Å². The lowest BCUT2D eigenvalue weighted by molar-refractivity contribution is -0.139. The summed E-state index contributed by atoms with van der Waals surface area (Å²) in [5.74, 6) is -0.465. The molecule has 1 N–H and O–H groups in total. The molecule has 0 amide bonds. The number of benzene rings is 1. The molecule has 0 heterocycles. The van der Waals surface area contributed by atoms with Gasteiger partial charge in [0.1, 0.15) is 3.92 Å². The maximum atomic E-state index is 11.9. The van der Waals surface area contributed by atoms with Gasteiger partial charge in [0.15, 0.2) is 0 Å². The predicted octanol–water partition coefficient (Wildman–Crippen LogP) is 1.70.